The third-order valence-corrected chi connectivity index (χ3v) is 6.07. The van der Waals surface area contributed by atoms with Crippen LogP contribution in [0.25, 0.3) is 10.8 Å². The Hall–Kier alpha value is -3.49. The molecule has 9 heteroatoms. The molecule has 0 aliphatic heterocycles. The molecule has 0 saturated carbocycles. The number of rotatable bonds is 10. The molecule has 0 fully saturated rings. The molecule has 0 atom stereocenters. The predicted octanol–water partition coefficient (Wildman–Crippen LogP) is 5.50. The van der Waals surface area contributed by atoms with Crippen molar-refractivity contribution in [2.45, 2.75) is 19.9 Å². The number of benzene rings is 2. The van der Waals surface area contributed by atoms with Gasteiger partial charge in [0.25, 0.3) is 11.8 Å². The van der Waals surface area contributed by atoms with Gasteiger partial charge in [-0.3, -0.25) is 9.59 Å². The molecule has 0 saturated heterocycles. The Morgan fingerprint density at radius 2 is 1.74 bits per heavy atom. The van der Waals surface area contributed by atoms with Gasteiger partial charge < -0.3 is 14.1 Å². The van der Waals surface area contributed by atoms with Crippen molar-refractivity contribution in [2.75, 3.05) is 13.2 Å². The van der Waals surface area contributed by atoms with E-state index in [1.54, 1.807) is 53.4 Å². The number of carbonyl (C=O) groups is 2. The van der Waals surface area contributed by atoms with Gasteiger partial charge >= 0.3 is 0 Å². The quantitative estimate of drug-likeness (QED) is 0.270. The second-order valence-electron chi connectivity index (χ2n) is 7.44. The summed E-state index contributed by atoms with van der Waals surface area (Å²) in [5, 5.41) is 10.6. The molecule has 0 radical (unpaired) electrons. The van der Waals surface area contributed by atoms with Crippen LogP contribution in [-0.4, -0.2) is 39.9 Å². The molecule has 2 aromatic heterocycles. The first kappa shape index (κ1) is 23.7. The second kappa shape index (κ2) is 11.1. The lowest BCUT2D eigenvalue weighted by atomic mass is 10.0. The van der Waals surface area contributed by atoms with Gasteiger partial charge in [-0.1, -0.05) is 24.6 Å². The molecule has 0 bridgehead atoms. The van der Waals surface area contributed by atoms with E-state index in [2.05, 4.69) is 10.2 Å². The van der Waals surface area contributed by atoms with E-state index in [0.717, 1.165) is 11.3 Å². The van der Waals surface area contributed by atoms with Crippen molar-refractivity contribution in [1.82, 2.24) is 15.1 Å². The van der Waals surface area contributed by atoms with Gasteiger partial charge in [-0.05, 0) is 66.4 Å². The highest BCUT2D eigenvalue weighted by molar-refractivity contribution is 7.13. The largest absolute Gasteiger partial charge is 0.484 e. The fourth-order valence-corrected chi connectivity index (χ4v) is 4.02. The van der Waals surface area contributed by atoms with Gasteiger partial charge in [0.15, 0.2) is 12.4 Å². The number of hydrogen-bond donors (Lipinski definition) is 0. The van der Waals surface area contributed by atoms with Crippen LogP contribution in [0.2, 0.25) is 5.02 Å². The second-order valence-corrected chi connectivity index (χ2v) is 8.83. The Labute approximate surface area is 205 Å². The van der Waals surface area contributed by atoms with E-state index < -0.39 is 0 Å². The number of hydrogen-bond acceptors (Lipinski definition) is 7. The van der Waals surface area contributed by atoms with Crippen LogP contribution >= 0.6 is 22.9 Å². The highest BCUT2D eigenvalue weighted by Crippen LogP contribution is 2.23. The molecule has 2 aromatic carbocycles. The van der Waals surface area contributed by atoms with Crippen molar-refractivity contribution in [3.05, 3.63) is 88.1 Å². The van der Waals surface area contributed by atoms with Crippen LogP contribution in [0.3, 0.4) is 0 Å². The molecule has 174 valence electrons. The third-order valence-electron chi connectivity index (χ3n) is 4.96. The van der Waals surface area contributed by atoms with Crippen molar-refractivity contribution in [2.24, 2.45) is 0 Å². The van der Waals surface area contributed by atoms with E-state index in [1.807, 2.05) is 24.4 Å². The first-order chi connectivity index (χ1) is 16.5. The minimum Gasteiger partial charge on any atom is -0.484 e. The van der Waals surface area contributed by atoms with Gasteiger partial charge in [0, 0.05) is 22.7 Å². The average molecular weight is 496 g/mol. The van der Waals surface area contributed by atoms with E-state index in [1.165, 1.54) is 11.3 Å². The van der Waals surface area contributed by atoms with E-state index in [-0.39, 0.29) is 24.8 Å². The number of ether oxygens (including phenoxy) is 1. The molecule has 0 unspecified atom stereocenters. The molecule has 0 N–H and O–H groups in total. The van der Waals surface area contributed by atoms with Crippen LogP contribution in [0.1, 0.15) is 35.2 Å². The van der Waals surface area contributed by atoms with Crippen LogP contribution in [-0.2, 0) is 11.3 Å². The molecular formula is C25H22ClN3O4S. The summed E-state index contributed by atoms with van der Waals surface area (Å²) in [4.78, 5) is 27.9. The molecule has 2 heterocycles. The van der Waals surface area contributed by atoms with Gasteiger partial charge in [-0.15, -0.1) is 21.5 Å². The standard InChI is InChI=1S/C25H22ClN3O4S/c1-2-13-29(15-22-27-28-25(33-22)21-4-3-14-34-21)23(30)16-32-20-11-7-18(8-12-20)24(31)17-5-9-19(26)10-6-17/h3-12,14H,2,13,15-16H2,1H3. The lowest BCUT2D eigenvalue weighted by Gasteiger charge is -2.20. The summed E-state index contributed by atoms with van der Waals surface area (Å²) in [6, 6.07) is 17.2. The number of carbonyl (C=O) groups excluding carboxylic acids is 2. The van der Waals surface area contributed by atoms with E-state index in [0.29, 0.717) is 40.2 Å². The maximum atomic E-state index is 12.8. The summed E-state index contributed by atoms with van der Waals surface area (Å²) in [6.07, 6.45) is 0.777. The van der Waals surface area contributed by atoms with Gasteiger partial charge in [0.2, 0.25) is 5.89 Å². The summed E-state index contributed by atoms with van der Waals surface area (Å²) < 4.78 is 11.4. The maximum Gasteiger partial charge on any atom is 0.260 e. The molecule has 4 aromatic rings. The van der Waals surface area contributed by atoms with Crippen LogP contribution < -0.4 is 4.74 Å². The van der Waals surface area contributed by atoms with Crippen molar-refractivity contribution in [3.8, 4) is 16.5 Å². The number of amides is 1. The molecule has 34 heavy (non-hydrogen) atoms. The Morgan fingerprint density at radius 1 is 1.03 bits per heavy atom. The third kappa shape index (κ3) is 5.89. The fraction of sp³-hybridized carbons (Fsp3) is 0.200. The molecule has 0 aliphatic rings. The maximum absolute atomic E-state index is 12.8. The van der Waals surface area contributed by atoms with Gasteiger partial charge in [0.05, 0.1) is 11.4 Å². The lowest BCUT2D eigenvalue weighted by molar-refractivity contribution is -0.134. The number of halogens is 1. The minimum atomic E-state index is -0.195. The summed E-state index contributed by atoms with van der Waals surface area (Å²) in [7, 11) is 0. The topological polar surface area (TPSA) is 85.5 Å². The summed E-state index contributed by atoms with van der Waals surface area (Å²) in [5.74, 6) is 0.998. The smallest absolute Gasteiger partial charge is 0.260 e. The van der Waals surface area contributed by atoms with Crippen LogP contribution in [0, 0.1) is 0 Å². The summed E-state index contributed by atoms with van der Waals surface area (Å²) in [5.41, 5.74) is 1.07. The SMILES string of the molecule is CCCN(Cc1nnc(-c2cccs2)o1)C(=O)COc1ccc(C(=O)c2ccc(Cl)cc2)cc1. The van der Waals surface area contributed by atoms with E-state index in [4.69, 9.17) is 20.8 Å². The Morgan fingerprint density at radius 3 is 2.38 bits per heavy atom. The monoisotopic (exact) mass is 495 g/mol. The van der Waals surface area contributed by atoms with Gasteiger partial charge in [-0.2, -0.15) is 0 Å². The van der Waals surface area contributed by atoms with Gasteiger partial charge in [0.1, 0.15) is 5.75 Å². The zero-order valence-corrected chi connectivity index (χ0v) is 20.0. The molecule has 0 aliphatic carbocycles. The van der Waals surface area contributed by atoms with Crippen molar-refractivity contribution in [3.63, 3.8) is 0 Å². The van der Waals surface area contributed by atoms with E-state index >= 15 is 0 Å². The highest BCUT2D eigenvalue weighted by atomic mass is 35.5. The first-order valence-corrected chi connectivity index (χ1v) is 12.0. The molecular weight excluding hydrogens is 474 g/mol. The van der Waals surface area contributed by atoms with Crippen molar-refractivity contribution in [1.29, 1.82) is 0 Å². The number of thiophene rings is 1. The summed E-state index contributed by atoms with van der Waals surface area (Å²) >= 11 is 7.39. The van der Waals surface area contributed by atoms with E-state index in [9.17, 15) is 9.59 Å². The summed E-state index contributed by atoms with van der Waals surface area (Å²) in [6.45, 7) is 2.59. The molecule has 7 nitrogen and oxygen atoms in total. The zero-order chi connectivity index (χ0) is 23.9. The number of ketones is 1. The molecule has 4 rings (SSSR count). The first-order valence-electron chi connectivity index (χ1n) is 10.7. The fourth-order valence-electron chi connectivity index (χ4n) is 3.25. The average Bonchev–Trinajstić information content (AvgIpc) is 3.55. The predicted molar refractivity (Wildman–Crippen MR) is 130 cm³/mol. The van der Waals surface area contributed by atoms with Crippen LogP contribution in [0.15, 0.2) is 70.5 Å². The number of nitrogens with zero attached hydrogens (tertiary/aromatic N) is 3. The Bertz CT molecular complexity index is 1240. The molecule has 0 spiro atoms. The van der Waals surface area contributed by atoms with Crippen LogP contribution in [0.4, 0.5) is 0 Å². The van der Waals surface area contributed by atoms with Crippen molar-refractivity contribution < 1.29 is 18.7 Å². The lowest BCUT2D eigenvalue weighted by Crippen LogP contribution is -2.35. The normalized spacial score (nSPS) is 10.8. The molecule has 1 amide bonds. The van der Waals surface area contributed by atoms with Crippen LogP contribution in [0.5, 0.6) is 5.75 Å². The highest BCUT2D eigenvalue weighted by Gasteiger charge is 2.18. The minimum absolute atomic E-state index is 0.116. The zero-order valence-electron chi connectivity index (χ0n) is 18.4. The Kier molecular flexibility index (Phi) is 7.72. The van der Waals surface area contributed by atoms with Gasteiger partial charge in [-0.25, -0.2) is 0 Å². The Balaban J connectivity index is 1.34. The van der Waals surface area contributed by atoms with Crippen molar-refractivity contribution >= 4 is 34.6 Å². The number of aromatic nitrogens is 2.